The number of fused-ring (bicyclic) bond motifs is 1. The summed E-state index contributed by atoms with van der Waals surface area (Å²) in [6, 6.07) is 2.87. The Morgan fingerprint density at radius 3 is 2.02 bits per heavy atom. The molecule has 2 aliphatic rings. The average Bonchev–Trinajstić information content (AvgIpc) is 3.44. The van der Waals surface area contributed by atoms with Crippen LogP contribution in [0.25, 0.3) is 0 Å². The number of carbonyl (C=O) groups is 6. The third-order valence-electron chi connectivity index (χ3n) is 8.27. The Hall–Kier alpha value is -5.32. The molecule has 2 heterocycles. The number of allylic oxidation sites excluding steroid dienone is 12. The van der Waals surface area contributed by atoms with E-state index in [0.29, 0.717) is 23.2 Å². The van der Waals surface area contributed by atoms with Gasteiger partial charge in [-0.25, -0.2) is 0 Å². The number of aliphatic carboxylic acids is 1. The molecule has 0 bridgehead atoms. The fraction of sp³-hybridized carbons (Fsp3) is 0.400. The molecule has 0 aliphatic carbocycles. The Morgan fingerprint density at radius 2 is 1.45 bits per heavy atom. The minimum atomic E-state index is -1.11. The molecule has 272 valence electrons. The lowest BCUT2D eigenvalue weighted by Gasteiger charge is -2.29. The molecule has 51 heavy (non-hydrogen) atoms. The lowest BCUT2D eigenvalue weighted by Crippen LogP contribution is -2.52. The molecule has 1 fully saturated rings. The van der Waals surface area contributed by atoms with E-state index in [9.17, 15) is 33.9 Å². The van der Waals surface area contributed by atoms with Gasteiger partial charge in [0.25, 0.3) is 5.91 Å². The summed E-state index contributed by atoms with van der Waals surface area (Å²) in [5.41, 5.74) is 1.15. The number of anilines is 1. The van der Waals surface area contributed by atoms with E-state index in [1.165, 1.54) is 4.90 Å². The van der Waals surface area contributed by atoms with Crippen LogP contribution in [0.3, 0.4) is 0 Å². The van der Waals surface area contributed by atoms with Gasteiger partial charge in [0.05, 0.1) is 0 Å². The largest absolute Gasteiger partial charge is 0.481 e. The molecule has 4 N–H and O–H groups in total. The van der Waals surface area contributed by atoms with E-state index < -0.39 is 35.8 Å². The first kappa shape index (κ1) is 40.1. The Morgan fingerprint density at radius 1 is 0.863 bits per heavy atom. The Balaban J connectivity index is 1.41. The lowest BCUT2D eigenvalue weighted by molar-refractivity contribution is -0.138. The van der Waals surface area contributed by atoms with E-state index in [4.69, 9.17) is 0 Å². The highest BCUT2D eigenvalue weighted by molar-refractivity contribution is 6.07. The highest BCUT2D eigenvalue weighted by atomic mass is 16.4. The molecule has 3 rings (SSSR count). The molecule has 2 unspecified atom stereocenters. The maximum absolute atomic E-state index is 13.3. The Kier molecular flexibility index (Phi) is 17.6. The van der Waals surface area contributed by atoms with Crippen LogP contribution in [0.1, 0.15) is 99.9 Å². The first-order valence-corrected chi connectivity index (χ1v) is 17.7. The molecule has 1 aromatic carbocycles. The Labute approximate surface area is 300 Å². The van der Waals surface area contributed by atoms with E-state index in [2.05, 4.69) is 83.6 Å². The molecule has 1 aromatic rings. The van der Waals surface area contributed by atoms with Crippen molar-refractivity contribution in [1.82, 2.24) is 15.5 Å². The maximum Gasteiger partial charge on any atom is 0.303 e. The summed E-state index contributed by atoms with van der Waals surface area (Å²) in [7, 11) is 0. The number of amides is 5. The van der Waals surface area contributed by atoms with E-state index >= 15 is 0 Å². The van der Waals surface area contributed by atoms with Crippen LogP contribution < -0.4 is 16.0 Å². The molecule has 11 heteroatoms. The van der Waals surface area contributed by atoms with Gasteiger partial charge in [-0.1, -0.05) is 85.9 Å². The zero-order valence-electron chi connectivity index (χ0n) is 29.4. The molecule has 0 saturated carbocycles. The summed E-state index contributed by atoms with van der Waals surface area (Å²) in [5, 5.41) is 16.9. The minimum absolute atomic E-state index is 0.0506. The fourth-order valence-electron chi connectivity index (χ4n) is 5.58. The van der Waals surface area contributed by atoms with Crippen LogP contribution in [0, 0.1) is 0 Å². The predicted molar refractivity (Wildman–Crippen MR) is 197 cm³/mol. The number of nitrogens with zero attached hydrogens (tertiary/aromatic N) is 1. The van der Waals surface area contributed by atoms with Gasteiger partial charge >= 0.3 is 5.97 Å². The smallest absolute Gasteiger partial charge is 0.303 e. The number of hydrogen-bond donors (Lipinski definition) is 4. The van der Waals surface area contributed by atoms with Gasteiger partial charge in [0, 0.05) is 42.6 Å². The number of carboxylic acid groups (broad SMARTS) is 1. The number of piperidine rings is 1. The van der Waals surface area contributed by atoms with Crippen LogP contribution in [-0.2, 0) is 30.5 Å². The summed E-state index contributed by atoms with van der Waals surface area (Å²) in [6.07, 6.45) is 31.2. The van der Waals surface area contributed by atoms with Crippen LogP contribution in [-0.4, -0.2) is 57.6 Å². The van der Waals surface area contributed by atoms with Crippen molar-refractivity contribution >= 4 is 41.2 Å². The van der Waals surface area contributed by atoms with E-state index in [-0.39, 0.29) is 50.5 Å². The number of carboxylic acids is 1. The molecular formula is C40H50N4O7. The first-order valence-electron chi connectivity index (χ1n) is 17.7. The summed E-state index contributed by atoms with van der Waals surface area (Å²) in [6.45, 7) is 2.18. The van der Waals surface area contributed by atoms with Gasteiger partial charge in [-0.15, -0.1) is 0 Å². The highest BCUT2D eigenvalue weighted by Crippen LogP contribution is 2.32. The van der Waals surface area contributed by atoms with E-state index in [1.54, 1.807) is 18.2 Å². The van der Waals surface area contributed by atoms with Gasteiger partial charge in [0.15, 0.2) is 0 Å². The summed E-state index contributed by atoms with van der Waals surface area (Å²) in [4.78, 5) is 75.8. The summed E-state index contributed by atoms with van der Waals surface area (Å²) >= 11 is 0. The minimum Gasteiger partial charge on any atom is -0.481 e. The molecular weight excluding hydrogens is 648 g/mol. The Bertz CT molecular complexity index is 1570. The number of benzene rings is 1. The van der Waals surface area contributed by atoms with Crippen molar-refractivity contribution in [1.29, 1.82) is 0 Å². The van der Waals surface area contributed by atoms with Gasteiger partial charge in [-0.2, -0.15) is 0 Å². The summed E-state index contributed by atoms with van der Waals surface area (Å²) < 4.78 is 0. The van der Waals surface area contributed by atoms with Gasteiger partial charge in [0.1, 0.15) is 12.1 Å². The van der Waals surface area contributed by atoms with E-state index in [0.717, 1.165) is 38.5 Å². The van der Waals surface area contributed by atoms with Crippen molar-refractivity contribution in [3.63, 3.8) is 0 Å². The number of carbonyl (C=O) groups excluding carboxylic acids is 5. The van der Waals surface area contributed by atoms with Gasteiger partial charge in [-0.05, 0) is 69.9 Å². The van der Waals surface area contributed by atoms with Crippen molar-refractivity contribution in [3.05, 3.63) is 102 Å². The maximum atomic E-state index is 13.3. The van der Waals surface area contributed by atoms with Gasteiger partial charge < -0.3 is 20.6 Å². The number of hydrogen-bond acceptors (Lipinski definition) is 6. The molecule has 2 aliphatic heterocycles. The zero-order chi connectivity index (χ0) is 36.8. The average molecular weight is 699 g/mol. The number of rotatable bonds is 21. The molecule has 11 nitrogen and oxygen atoms in total. The normalized spacial score (nSPS) is 17.1. The van der Waals surface area contributed by atoms with E-state index in [1.807, 2.05) is 12.2 Å². The van der Waals surface area contributed by atoms with Crippen LogP contribution >= 0.6 is 0 Å². The van der Waals surface area contributed by atoms with Crippen molar-refractivity contribution in [2.24, 2.45) is 0 Å². The quantitative estimate of drug-likeness (QED) is 0.0876. The first-order chi connectivity index (χ1) is 24.7. The molecule has 0 spiro atoms. The van der Waals surface area contributed by atoms with Crippen molar-refractivity contribution in [3.8, 4) is 0 Å². The van der Waals surface area contributed by atoms with Crippen LogP contribution in [0.2, 0.25) is 0 Å². The van der Waals surface area contributed by atoms with Crippen molar-refractivity contribution < 1.29 is 33.9 Å². The van der Waals surface area contributed by atoms with Gasteiger partial charge in [-0.3, -0.25) is 34.1 Å². The second-order valence-corrected chi connectivity index (χ2v) is 12.2. The standard InChI is InChI=1S/C40H50N4O7/c1-2-3-4-5-6-7-8-9-10-11-12-13-14-15-16-17-18-19-20-24-35(45)41-33(25-28-37(47)48)38(49)42-32-23-21-22-30-31(32)29-44(40(30)51)34-26-27-36(46)43-39(34)50/h3-4,6-7,9-10,12-13,15-16,18-19,21-23,33-34H,2,5,8,11,14,17,20,24-29H2,1H3,(H,41,45)(H,42,49)(H,47,48)(H,43,46,50). The van der Waals surface area contributed by atoms with Crippen LogP contribution in [0.15, 0.2) is 91.1 Å². The topological polar surface area (TPSA) is 162 Å². The van der Waals surface area contributed by atoms with Crippen molar-refractivity contribution in [2.75, 3.05) is 5.32 Å². The van der Waals surface area contributed by atoms with Crippen LogP contribution in [0.4, 0.5) is 5.69 Å². The second-order valence-electron chi connectivity index (χ2n) is 12.2. The molecule has 1 saturated heterocycles. The number of imide groups is 1. The van der Waals surface area contributed by atoms with Gasteiger partial charge in [0.2, 0.25) is 23.6 Å². The highest BCUT2D eigenvalue weighted by Gasteiger charge is 2.40. The zero-order valence-corrected chi connectivity index (χ0v) is 29.4. The third-order valence-corrected chi connectivity index (χ3v) is 8.27. The third kappa shape index (κ3) is 14.2. The molecule has 0 radical (unpaired) electrons. The molecule has 2 atom stereocenters. The van der Waals surface area contributed by atoms with Crippen LogP contribution in [0.5, 0.6) is 0 Å². The molecule has 0 aromatic heterocycles. The second kappa shape index (κ2) is 22.4. The monoisotopic (exact) mass is 698 g/mol. The number of nitrogens with one attached hydrogen (secondary N) is 3. The van der Waals surface area contributed by atoms with Crippen molar-refractivity contribution in [2.45, 2.75) is 103 Å². The SMILES string of the molecule is CCC=CCC=CCC=CCC=CCC=CCC=CCCC(=O)NC(CCC(=O)O)C(=O)Nc1cccc2c1CN(C1CCC(=O)NC1=O)C2=O. The molecule has 5 amide bonds. The fourth-order valence-corrected chi connectivity index (χ4v) is 5.58. The predicted octanol–water partition coefficient (Wildman–Crippen LogP) is 6.21. The lowest BCUT2D eigenvalue weighted by atomic mass is 10.0. The summed E-state index contributed by atoms with van der Waals surface area (Å²) in [5.74, 6) is -3.43.